The molecule has 0 radical (unpaired) electrons. The first-order valence-corrected chi connectivity index (χ1v) is 11.7. The number of rotatable bonds is 5. The molecule has 2 aromatic rings. The zero-order valence-electron chi connectivity index (χ0n) is 15.9. The van der Waals surface area contributed by atoms with Crippen molar-refractivity contribution >= 4 is 38.1 Å². The third-order valence-corrected chi connectivity index (χ3v) is 7.81. The number of hydrogen-bond acceptors (Lipinski definition) is 6. The van der Waals surface area contributed by atoms with E-state index >= 15 is 0 Å². The summed E-state index contributed by atoms with van der Waals surface area (Å²) in [5.41, 5.74) is 1.62. The average Bonchev–Trinajstić information content (AvgIpc) is 2.87. The van der Waals surface area contributed by atoms with E-state index in [9.17, 15) is 18.0 Å². The van der Waals surface area contributed by atoms with Crippen molar-refractivity contribution in [2.45, 2.75) is 43.9 Å². The van der Waals surface area contributed by atoms with Crippen molar-refractivity contribution in [2.75, 3.05) is 18.2 Å². The third kappa shape index (κ3) is 4.12. The summed E-state index contributed by atoms with van der Waals surface area (Å²) in [6.07, 6.45) is 4.83. The summed E-state index contributed by atoms with van der Waals surface area (Å²) in [6, 6.07) is 5.94. The molecule has 0 saturated carbocycles. The average molecular weight is 422 g/mol. The lowest BCUT2D eigenvalue weighted by atomic mass is 10.1. The van der Waals surface area contributed by atoms with Crippen LogP contribution in [0.1, 0.15) is 57.3 Å². The van der Waals surface area contributed by atoms with Gasteiger partial charge in [0.15, 0.2) is 9.84 Å². The van der Waals surface area contributed by atoms with Crippen LogP contribution in [0, 0.1) is 0 Å². The zero-order chi connectivity index (χ0) is 20.3. The predicted molar refractivity (Wildman–Crippen MR) is 109 cm³/mol. The maximum absolute atomic E-state index is 12.8. The smallest absolute Gasteiger partial charge is 0.341 e. The standard InChI is InChI=1S/C20H23NO5S2/c1-3-28(24,25)14-9-7-8-13(12-14)18(22)21-19-17(20(23)26-2)15-10-5-4-6-11-16(15)27-19/h7-9,12H,3-6,10-11H2,1-2H3,(H,21,22). The van der Waals surface area contributed by atoms with E-state index in [1.54, 1.807) is 19.1 Å². The Kier molecular flexibility index (Phi) is 6.20. The zero-order valence-corrected chi connectivity index (χ0v) is 17.5. The van der Waals surface area contributed by atoms with Gasteiger partial charge >= 0.3 is 5.97 Å². The van der Waals surface area contributed by atoms with Crippen molar-refractivity contribution in [1.29, 1.82) is 0 Å². The summed E-state index contributed by atoms with van der Waals surface area (Å²) in [4.78, 5) is 26.4. The van der Waals surface area contributed by atoms with Gasteiger partial charge in [0.05, 0.1) is 23.3 Å². The van der Waals surface area contributed by atoms with Crippen LogP contribution in [0.2, 0.25) is 0 Å². The summed E-state index contributed by atoms with van der Waals surface area (Å²) in [7, 11) is -2.08. The molecule has 1 aliphatic carbocycles. The number of carbonyl (C=O) groups excluding carboxylic acids is 2. The van der Waals surface area contributed by atoms with Gasteiger partial charge in [-0.25, -0.2) is 13.2 Å². The fraction of sp³-hybridized carbons (Fsp3) is 0.400. The molecule has 28 heavy (non-hydrogen) atoms. The lowest BCUT2D eigenvalue weighted by Gasteiger charge is -2.08. The van der Waals surface area contributed by atoms with Crippen molar-refractivity contribution in [3.8, 4) is 0 Å². The molecule has 1 heterocycles. The highest BCUT2D eigenvalue weighted by Crippen LogP contribution is 2.38. The van der Waals surface area contributed by atoms with E-state index < -0.39 is 21.7 Å². The van der Waals surface area contributed by atoms with Gasteiger partial charge in [-0.3, -0.25) is 4.79 Å². The van der Waals surface area contributed by atoms with Crippen molar-refractivity contribution < 1.29 is 22.7 Å². The molecule has 0 aliphatic heterocycles. The van der Waals surface area contributed by atoms with E-state index in [1.165, 1.54) is 30.6 Å². The first-order chi connectivity index (χ1) is 13.4. The molecular formula is C20H23NO5S2. The Bertz CT molecular complexity index is 1010. The number of methoxy groups -OCH3 is 1. The molecule has 0 fully saturated rings. The molecule has 0 unspecified atom stereocenters. The number of aryl methyl sites for hydroxylation is 1. The van der Waals surface area contributed by atoms with E-state index in [0.717, 1.165) is 42.5 Å². The number of hydrogen-bond donors (Lipinski definition) is 1. The van der Waals surface area contributed by atoms with Gasteiger partial charge in [0.25, 0.3) is 5.91 Å². The third-order valence-electron chi connectivity index (χ3n) is 4.87. The molecule has 8 heteroatoms. The lowest BCUT2D eigenvalue weighted by Crippen LogP contribution is -2.15. The molecule has 0 spiro atoms. The highest BCUT2D eigenvalue weighted by molar-refractivity contribution is 7.91. The van der Waals surface area contributed by atoms with Crippen LogP contribution < -0.4 is 5.32 Å². The van der Waals surface area contributed by atoms with Crippen molar-refractivity contribution in [2.24, 2.45) is 0 Å². The summed E-state index contributed by atoms with van der Waals surface area (Å²) in [5, 5.41) is 3.27. The molecule has 0 atom stereocenters. The minimum absolute atomic E-state index is 0.0395. The summed E-state index contributed by atoms with van der Waals surface area (Å²) in [5.74, 6) is -0.950. The van der Waals surface area contributed by atoms with E-state index in [-0.39, 0.29) is 16.2 Å². The molecule has 150 valence electrons. The van der Waals surface area contributed by atoms with Crippen LogP contribution >= 0.6 is 11.3 Å². The number of carbonyl (C=O) groups is 2. The number of benzene rings is 1. The Morgan fingerprint density at radius 1 is 1.18 bits per heavy atom. The fourth-order valence-electron chi connectivity index (χ4n) is 3.32. The van der Waals surface area contributed by atoms with Gasteiger partial charge in [0.1, 0.15) is 5.00 Å². The highest BCUT2D eigenvalue weighted by atomic mass is 32.2. The number of nitrogens with one attached hydrogen (secondary N) is 1. The van der Waals surface area contributed by atoms with Crippen LogP contribution in [-0.2, 0) is 27.4 Å². The molecular weight excluding hydrogens is 398 g/mol. The fourth-order valence-corrected chi connectivity index (χ4v) is 5.52. The quantitative estimate of drug-likeness (QED) is 0.585. The van der Waals surface area contributed by atoms with Crippen LogP contribution in [0.25, 0.3) is 0 Å². The first-order valence-electron chi connectivity index (χ1n) is 9.24. The monoisotopic (exact) mass is 421 g/mol. The second kappa shape index (κ2) is 8.45. The largest absolute Gasteiger partial charge is 0.465 e. The number of thiophene rings is 1. The number of amides is 1. The van der Waals surface area contributed by atoms with Crippen LogP contribution in [0.3, 0.4) is 0 Å². The molecule has 1 aromatic heterocycles. The van der Waals surface area contributed by atoms with E-state index in [2.05, 4.69) is 5.32 Å². The second-order valence-electron chi connectivity index (χ2n) is 6.65. The topological polar surface area (TPSA) is 89.5 Å². The number of sulfone groups is 1. The SMILES string of the molecule is CCS(=O)(=O)c1cccc(C(=O)Nc2sc3c(c2C(=O)OC)CCCCC3)c1. The van der Waals surface area contributed by atoms with Gasteiger partial charge in [-0.15, -0.1) is 11.3 Å². The van der Waals surface area contributed by atoms with Gasteiger partial charge in [-0.2, -0.15) is 0 Å². The maximum atomic E-state index is 12.8. The molecule has 1 N–H and O–H groups in total. The summed E-state index contributed by atoms with van der Waals surface area (Å²) >= 11 is 1.41. The molecule has 0 saturated heterocycles. The number of ether oxygens (including phenoxy) is 1. The minimum Gasteiger partial charge on any atom is -0.465 e. The first kappa shape index (κ1) is 20.5. The Hall–Kier alpha value is -2.19. The van der Waals surface area contributed by atoms with Crippen LogP contribution in [0.5, 0.6) is 0 Å². The minimum atomic E-state index is -3.41. The van der Waals surface area contributed by atoms with Crippen LogP contribution in [0.4, 0.5) is 5.00 Å². The number of esters is 1. The highest BCUT2D eigenvalue weighted by Gasteiger charge is 2.26. The van der Waals surface area contributed by atoms with Gasteiger partial charge in [-0.1, -0.05) is 19.4 Å². The van der Waals surface area contributed by atoms with Gasteiger partial charge in [0, 0.05) is 10.4 Å². The van der Waals surface area contributed by atoms with Crippen molar-refractivity contribution in [3.05, 3.63) is 45.8 Å². The van der Waals surface area contributed by atoms with Crippen LogP contribution in [-0.4, -0.2) is 33.2 Å². The Morgan fingerprint density at radius 3 is 2.64 bits per heavy atom. The molecule has 1 aliphatic rings. The molecule has 3 rings (SSSR count). The number of anilines is 1. The molecule has 6 nitrogen and oxygen atoms in total. The normalized spacial score (nSPS) is 14.1. The Labute approximate surface area is 168 Å². The van der Waals surface area contributed by atoms with E-state index in [4.69, 9.17) is 4.74 Å². The van der Waals surface area contributed by atoms with E-state index in [1.807, 2.05) is 0 Å². The molecule has 0 bridgehead atoms. The van der Waals surface area contributed by atoms with Crippen LogP contribution in [0.15, 0.2) is 29.2 Å². The number of fused-ring (bicyclic) bond motifs is 1. The summed E-state index contributed by atoms with van der Waals surface area (Å²) < 4.78 is 29.1. The van der Waals surface area contributed by atoms with Gasteiger partial charge < -0.3 is 10.1 Å². The predicted octanol–water partition coefficient (Wildman–Crippen LogP) is 3.85. The Morgan fingerprint density at radius 2 is 1.93 bits per heavy atom. The Balaban J connectivity index is 1.95. The van der Waals surface area contributed by atoms with Gasteiger partial charge in [0.2, 0.25) is 0 Å². The molecule has 1 aromatic carbocycles. The second-order valence-corrected chi connectivity index (χ2v) is 10.0. The van der Waals surface area contributed by atoms with Crippen molar-refractivity contribution in [3.63, 3.8) is 0 Å². The van der Waals surface area contributed by atoms with E-state index in [0.29, 0.717) is 10.6 Å². The van der Waals surface area contributed by atoms with Crippen molar-refractivity contribution in [1.82, 2.24) is 0 Å². The maximum Gasteiger partial charge on any atom is 0.341 e. The summed E-state index contributed by atoms with van der Waals surface area (Å²) in [6.45, 7) is 1.56. The van der Waals surface area contributed by atoms with Gasteiger partial charge in [-0.05, 0) is 49.4 Å². The molecule has 1 amide bonds. The lowest BCUT2D eigenvalue weighted by molar-refractivity contribution is 0.0601.